The van der Waals surface area contributed by atoms with E-state index < -0.39 is 17.6 Å². The number of amides is 1. The van der Waals surface area contributed by atoms with Crippen molar-refractivity contribution in [3.05, 3.63) is 69.6 Å². The van der Waals surface area contributed by atoms with Crippen LogP contribution in [0.5, 0.6) is 5.75 Å². The Bertz CT molecular complexity index is 1060. The minimum absolute atomic E-state index is 0.00676. The van der Waals surface area contributed by atoms with Crippen molar-refractivity contribution in [2.45, 2.75) is 26.5 Å². The van der Waals surface area contributed by atoms with Crippen molar-refractivity contribution >= 4 is 16.7 Å². The molecule has 7 nitrogen and oxygen atoms in total. The first-order chi connectivity index (χ1) is 12.9. The second-order valence-electron chi connectivity index (χ2n) is 6.48. The molecule has 0 radical (unpaired) electrons. The highest BCUT2D eigenvalue weighted by molar-refractivity contribution is 6.03. The van der Waals surface area contributed by atoms with Crippen LogP contribution in [0.15, 0.2) is 47.3 Å². The monoisotopic (exact) mass is 367 g/mol. The molecule has 0 saturated heterocycles. The van der Waals surface area contributed by atoms with Crippen LogP contribution in [0.25, 0.3) is 10.8 Å². The van der Waals surface area contributed by atoms with E-state index in [-0.39, 0.29) is 18.8 Å². The fraction of sp³-hybridized carbons (Fsp3) is 0.250. The molecule has 1 amide bonds. The average molecular weight is 367 g/mol. The van der Waals surface area contributed by atoms with E-state index in [0.29, 0.717) is 16.5 Å². The Morgan fingerprint density at radius 3 is 2.59 bits per heavy atom. The van der Waals surface area contributed by atoms with E-state index in [0.717, 1.165) is 15.8 Å². The molecule has 0 aliphatic carbocycles. The average Bonchev–Trinajstić information content (AvgIpc) is 2.63. The molecule has 3 N–H and O–H groups in total. The molecule has 0 saturated carbocycles. The van der Waals surface area contributed by atoms with Gasteiger partial charge in [0.2, 0.25) is 0 Å². The summed E-state index contributed by atoms with van der Waals surface area (Å²) < 4.78 is 6.70. The minimum Gasteiger partial charge on any atom is -0.491 e. The molecule has 27 heavy (non-hydrogen) atoms. The van der Waals surface area contributed by atoms with Crippen molar-refractivity contribution in [3.63, 3.8) is 0 Å². The fourth-order valence-corrected chi connectivity index (χ4v) is 2.94. The Hall–Kier alpha value is -3.19. The van der Waals surface area contributed by atoms with Gasteiger partial charge in [-0.15, -0.1) is 0 Å². The van der Waals surface area contributed by atoms with Crippen LogP contribution in [0.2, 0.25) is 0 Å². The van der Waals surface area contributed by atoms with Gasteiger partial charge in [-0.25, -0.2) is 4.68 Å². The first kappa shape index (κ1) is 18.6. The normalized spacial score (nSPS) is 12.1. The van der Waals surface area contributed by atoms with Gasteiger partial charge in [0.15, 0.2) is 5.69 Å². The number of ether oxygens (including phenoxy) is 1. The first-order valence-electron chi connectivity index (χ1n) is 8.54. The summed E-state index contributed by atoms with van der Waals surface area (Å²) in [5.41, 5.74) is 7.06. The molecule has 1 aromatic heterocycles. The van der Waals surface area contributed by atoms with E-state index in [9.17, 15) is 14.7 Å². The smallest absolute Gasteiger partial charge is 0.274 e. The predicted octanol–water partition coefficient (Wildman–Crippen LogP) is 1.55. The Labute approximate surface area is 156 Å². The predicted molar refractivity (Wildman–Crippen MR) is 102 cm³/mol. The van der Waals surface area contributed by atoms with Crippen molar-refractivity contribution in [2.75, 3.05) is 6.61 Å². The number of benzene rings is 2. The lowest BCUT2D eigenvalue weighted by atomic mass is 10.1. The van der Waals surface area contributed by atoms with Gasteiger partial charge in [0.1, 0.15) is 18.5 Å². The van der Waals surface area contributed by atoms with Gasteiger partial charge in [0.05, 0.1) is 11.9 Å². The third kappa shape index (κ3) is 3.98. The highest BCUT2D eigenvalue weighted by Gasteiger charge is 2.16. The number of primary amides is 1. The lowest BCUT2D eigenvalue weighted by molar-refractivity contribution is 0.0868. The summed E-state index contributed by atoms with van der Waals surface area (Å²) in [5.74, 6) is -0.0720. The SMILES string of the molecule is Cc1ccc(OC[C@@H](O)Cn2nc(C(N)=O)c3ccccc3c2=O)c(C)c1. The highest BCUT2D eigenvalue weighted by atomic mass is 16.5. The van der Waals surface area contributed by atoms with Gasteiger partial charge in [0.25, 0.3) is 11.5 Å². The molecule has 1 atom stereocenters. The summed E-state index contributed by atoms with van der Waals surface area (Å²) >= 11 is 0. The summed E-state index contributed by atoms with van der Waals surface area (Å²) in [5, 5.41) is 15.1. The van der Waals surface area contributed by atoms with Crippen LogP contribution in [-0.2, 0) is 6.54 Å². The van der Waals surface area contributed by atoms with Crippen molar-refractivity contribution < 1.29 is 14.6 Å². The first-order valence-corrected chi connectivity index (χ1v) is 8.54. The number of hydrogen-bond donors (Lipinski definition) is 2. The molecule has 140 valence electrons. The number of nitrogens with two attached hydrogens (primary N) is 1. The van der Waals surface area contributed by atoms with Gasteiger partial charge in [-0.3, -0.25) is 9.59 Å². The molecule has 2 aromatic carbocycles. The van der Waals surface area contributed by atoms with Crippen LogP contribution >= 0.6 is 0 Å². The van der Waals surface area contributed by atoms with E-state index >= 15 is 0 Å². The molecule has 0 spiro atoms. The van der Waals surface area contributed by atoms with Crippen molar-refractivity contribution in [2.24, 2.45) is 5.73 Å². The Morgan fingerprint density at radius 2 is 1.93 bits per heavy atom. The van der Waals surface area contributed by atoms with E-state index in [1.807, 2.05) is 32.0 Å². The zero-order valence-electron chi connectivity index (χ0n) is 15.2. The summed E-state index contributed by atoms with van der Waals surface area (Å²) in [6.07, 6.45) is -0.988. The summed E-state index contributed by atoms with van der Waals surface area (Å²) in [7, 11) is 0. The molecule has 0 unspecified atom stereocenters. The topological polar surface area (TPSA) is 107 Å². The number of aliphatic hydroxyl groups is 1. The lowest BCUT2D eigenvalue weighted by Gasteiger charge is -2.16. The summed E-state index contributed by atoms with van der Waals surface area (Å²) in [6.45, 7) is 3.77. The molecule has 0 aliphatic heterocycles. The van der Waals surface area contributed by atoms with Crippen LogP contribution in [0.1, 0.15) is 21.6 Å². The number of aliphatic hydroxyl groups excluding tert-OH is 1. The third-order valence-corrected chi connectivity index (χ3v) is 4.25. The number of rotatable bonds is 6. The number of carbonyl (C=O) groups is 1. The van der Waals surface area contributed by atoms with Crippen LogP contribution in [0.4, 0.5) is 0 Å². The van der Waals surface area contributed by atoms with Gasteiger partial charge in [0, 0.05) is 5.39 Å². The second-order valence-corrected chi connectivity index (χ2v) is 6.48. The quantitative estimate of drug-likeness (QED) is 0.687. The molecule has 0 bridgehead atoms. The van der Waals surface area contributed by atoms with Crippen LogP contribution in [-0.4, -0.2) is 33.5 Å². The van der Waals surface area contributed by atoms with Crippen LogP contribution < -0.4 is 16.0 Å². The maximum atomic E-state index is 12.6. The Morgan fingerprint density at radius 1 is 1.22 bits per heavy atom. The van der Waals surface area contributed by atoms with E-state index in [1.165, 1.54) is 0 Å². The molecule has 0 fully saturated rings. The Balaban J connectivity index is 1.82. The van der Waals surface area contributed by atoms with Gasteiger partial charge in [-0.2, -0.15) is 5.10 Å². The fourth-order valence-electron chi connectivity index (χ4n) is 2.94. The molecule has 0 aliphatic rings. The van der Waals surface area contributed by atoms with Crippen molar-refractivity contribution in [1.29, 1.82) is 0 Å². The third-order valence-electron chi connectivity index (χ3n) is 4.25. The number of fused-ring (bicyclic) bond motifs is 1. The number of nitrogens with zero attached hydrogens (tertiary/aromatic N) is 2. The Kier molecular flexibility index (Phi) is 5.23. The minimum atomic E-state index is -0.988. The summed E-state index contributed by atoms with van der Waals surface area (Å²) in [4.78, 5) is 24.3. The highest BCUT2D eigenvalue weighted by Crippen LogP contribution is 2.19. The number of hydrogen-bond acceptors (Lipinski definition) is 5. The number of aromatic nitrogens is 2. The largest absolute Gasteiger partial charge is 0.491 e. The van der Waals surface area contributed by atoms with Crippen molar-refractivity contribution in [3.8, 4) is 5.75 Å². The summed E-state index contributed by atoms with van der Waals surface area (Å²) in [6, 6.07) is 12.3. The van der Waals surface area contributed by atoms with Gasteiger partial charge in [-0.05, 0) is 31.5 Å². The van der Waals surface area contributed by atoms with E-state index in [1.54, 1.807) is 24.3 Å². The standard InChI is InChI=1S/C20H21N3O4/c1-12-7-8-17(13(2)9-12)27-11-14(24)10-23-20(26)16-6-4-3-5-15(16)18(22-23)19(21)25/h3-9,14,24H,10-11H2,1-2H3,(H2,21,25)/t14-/m0/s1. The second kappa shape index (κ2) is 7.59. The van der Waals surface area contributed by atoms with Crippen molar-refractivity contribution in [1.82, 2.24) is 9.78 Å². The molecule has 3 aromatic rings. The van der Waals surface area contributed by atoms with E-state index in [4.69, 9.17) is 10.5 Å². The van der Waals surface area contributed by atoms with Gasteiger partial charge < -0.3 is 15.6 Å². The van der Waals surface area contributed by atoms with E-state index in [2.05, 4.69) is 5.10 Å². The molecule has 3 rings (SSSR count). The maximum Gasteiger partial charge on any atom is 0.274 e. The lowest BCUT2D eigenvalue weighted by Crippen LogP contribution is -2.34. The number of aryl methyl sites for hydroxylation is 2. The zero-order valence-corrected chi connectivity index (χ0v) is 15.2. The van der Waals surface area contributed by atoms with Gasteiger partial charge in [-0.1, -0.05) is 35.9 Å². The molecular formula is C20H21N3O4. The molecular weight excluding hydrogens is 346 g/mol. The number of carbonyl (C=O) groups excluding carboxylic acids is 1. The van der Waals surface area contributed by atoms with Crippen LogP contribution in [0, 0.1) is 13.8 Å². The van der Waals surface area contributed by atoms with Gasteiger partial charge >= 0.3 is 0 Å². The zero-order chi connectivity index (χ0) is 19.6. The maximum absolute atomic E-state index is 12.6. The molecule has 7 heteroatoms. The van der Waals surface area contributed by atoms with Crippen LogP contribution in [0.3, 0.4) is 0 Å². The molecule has 1 heterocycles.